The molecule has 0 aliphatic carbocycles. The zero-order valence-corrected chi connectivity index (χ0v) is 7.91. The molecule has 1 aliphatic rings. The van der Waals surface area contributed by atoms with E-state index in [0.717, 1.165) is 0 Å². The molecule has 4 nitrogen and oxygen atoms in total. The molecule has 1 saturated heterocycles. The summed E-state index contributed by atoms with van der Waals surface area (Å²) in [5, 5.41) is 0. The fourth-order valence-corrected chi connectivity index (χ4v) is 1.31. The minimum Gasteiger partial charge on any atom is -0.464 e. The fraction of sp³-hybridized carbons (Fsp3) is 0.778. The average Bonchev–Trinajstić information content (AvgIpc) is 2.52. The second kappa shape index (κ2) is 4.37. The van der Waals surface area contributed by atoms with Gasteiger partial charge in [-0.05, 0) is 20.3 Å². The predicted octanol–water partition coefficient (Wildman–Crippen LogP) is 0.544. The summed E-state index contributed by atoms with van der Waals surface area (Å²) in [6.45, 7) is 3.96. The van der Waals surface area contributed by atoms with Crippen molar-refractivity contribution in [3.05, 3.63) is 0 Å². The molecule has 0 radical (unpaired) electrons. The Bertz CT molecular complexity index is 212. The molecule has 0 aromatic carbocycles. The predicted molar refractivity (Wildman–Crippen MR) is 45.2 cm³/mol. The number of Topliss-reactive ketones (excluding diaryl/α,β-unsaturated/α-hetero) is 1. The van der Waals surface area contributed by atoms with Crippen LogP contribution in [-0.4, -0.2) is 31.1 Å². The number of hydrogen-bond acceptors (Lipinski definition) is 4. The van der Waals surface area contributed by atoms with Gasteiger partial charge in [0, 0.05) is 5.92 Å². The molecule has 0 bridgehead atoms. The van der Waals surface area contributed by atoms with Crippen LogP contribution in [0, 0.1) is 5.92 Å². The lowest BCUT2D eigenvalue weighted by Crippen LogP contribution is -2.22. The van der Waals surface area contributed by atoms with Crippen molar-refractivity contribution >= 4 is 11.8 Å². The van der Waals surface area contributed by atoms with Gasteiger partial charge in [-0.2, -0.15) is 0 Å². The van der Waals surface area contributed by atoms with Crippen LogP contribution in [-0.2, 0) is 19.1 Å². The summed E-state index contributed by atoms with van der Waals surface area (Å²) in [6, 6.07) is 0. The van der Waals surface area contributed by atoms with Crippen LogP contribution in [0.25, 0.3) is 0 Å². The van der Waals surface area contributed by atoms with Crippen LogP contribution < -0.4 is 0 Å². The Kier molecular flexibility index (Phi) is 3.42. The lowest BCUT2D eigenvalue weighted by atomic mass is 10.0. The van der Waals surface area contributed by atoms with Gasteiger partial charge < -0.3 is 9.47 Å². The quantitative estimate of drug-likeness (QED) is 0.604. The van der Waals surface area contributed by atoms with E-state index >= 15 is 0 Å². The van der Waals surface area contributed by atoms with Crippen molar-refractivity contribution in [2.45, 2.75) is 26.4 Å². The van der Waals surface area contributed by atoms with Gasteiger partial charge in [0.05, 0.1) is 13.2 Å². The highest BCUT2D eigenvalue weighted by Crippen LogP contribution is 2.21. The van der Waals surface area contributed by atoms with Crippen LogP contribution in [0.4, 0.5) is 0 Å². The van der Waals surface area contributed by atoms with Crippen molar-refractivity contribution in [1.29, 1.82) is 0 Å². The summed E-state index contributed by atoms with van der Waals surface area (Å²) < 4.78 is 9.92. The Morgan fingerprint density at radius 2 is 2.23 bits per heavy atom. The van der Waals surface area contributed by atoms with Gasteiger partial charge in [-0.1, -0.05) is 0 Å². The van der Waals surface area contributed by atoms with Crippen molar-refractivity contribution in [2.24, 2.45) is 5.92 Å². The molecule has 0 aromatic heterocycles. The van der Waals surface area contributed by atoms with Crippen LogP contribution in [0.2, 0.25) is 0 Å². The Morgan fingerprint density at radius 1 is 1.54 bits per heavy atom. The van der Waals surface area contributed by atoms with E-state index in [1.807, 2.05) is 0 Å². The topological polar surface area (TPSA) is 52.6 Å². The molecule has 0 amide bonds. The number of hydrogen-bond donors (Lipinski definition) is 0. The molecule has 13 heavy (non-hydrogen) atoms. The average molecular weight is 186 g/mol. The van der Waals surface area contributed by atoms with E-state index in [-0.39, 0.29) is 17.7 Å². The fourth-order valence-electron chi connectivity index (χ4n) is 1.31. The molecular formula is C9H14O4. The summed E-state index contributed by atoms with van der Waals surface area (Å²) in [5.74, 6) is -0.410. The van der Waals surface area contributed by atoms with E-state index in [2.05, 4.69) is 0 Å². The smallest absolute Gasteiger partial charge is 0.335 e. The first-order valence-corrected chi connectivity index (χ1v) is 4.43. The van der Waals surface area contributed by atoms with Crippen molar-refractivity contribution in [3.63, 3.8) is 0 Å². The van der Waals surface area contributed by atoms with Crippen LogP contribution >= 0.6 is 0 Å². The van der Waals surface area contributed by atoms with Crippen molar-refractivity contribution in [1.82, 2.24) is 0 Å². The number of carbonyl (C=O) groups excluding carboxylic acids is 2. The highest BCUT2D eigenvalue weighted by atomic mass is 16.6. The standard InChI is InChI=1S/C9H14O4/c1-3-12-9(11)8-4-7(5-13-8)6(2)10/h7-8H,3-5H2,1-2H3/t7-,8-/m1/s1. The number of ether oxygens (including phenoxy) is 2. The second-order valence-corrected chi connectivity index (χ2v) is 3.12. The molecule has 1 aliphatic heterocycles. The molecule has 0 unspecified atom stereocenters. The zero-order chi connectivity index (χ0) is 9.84. The third kappa shape index (κ3) is 2.52. The first-order chi connectivity index (χ1) is 6.15. The summed E-state index contributed by atoms with van der Waals surface area (Å²) in [5.41, 5.74) is 0. The number of ketones is 1. The molecule has 74 valence electrons. The van der Waals surface area contributed by atoms with Crippen LogP contribution in [0.1, 0.15) is 20.3 Å². The summed E-state index contributed by atoms with van der Waals surface area (Å²) in [6.07, 6.45) is -0.0670. The number of rotatable bonds is 3. The van der Waals surface area contributed by atoms with Crippen LogP contribution in [0.3, 0.4) is 0 Å². The van der Waals surface area contributed by atoms with Crippen LogP contribution in [0.5, 0.6) is 0 Å². The summed E-state index contributed by atoms with van der Waals surface area (Å²) in [7, 11) is 0. The lowest BCUT2D eigenvalue weighted by molar-refractivity contribution is -0.153. The molecule has 4 heteroatoms. The largest absolute Gasteiger partial charge is 0.464 e. The highest BCUT2D eigenvalue weighted by Gasteiger charge is 2.33. The van der Waals surface area contributed by atoms with Gasteiger partial charge in [-0.25, -0.2) is 4.79 Å². The molecule has 1 heterocycles. The summed E-state index contributed by atoms with van der Waals surface area (Å²) >= 11 is 0. The second-order valence-electron chi connectivity index (χ2n) is 3.12. The lowest BCUT2D eigenvalue weighted by Gasteiger charge is -2.07. The monoisotopic (exact) mass is 186 g/mol. The molecule has 2 atom stereocenters. The Hall–Kier alpha value is -0.900. The third-order valence-corrected chi connectivity index (χ3v) is 2.12. The van der Waals surface area contributed by atoms with Gasteiger partial charge >= 0.3 is 5.97 Å². The Morgan fingerprint density at radius 3 is 2.69 bits per heavy atom. The molecule has 0 saturated carbocycles. The number of carbonyl (C=O) groups is 2. The first kappa shape index (κ1) is 10.2. The van der Waals surface area contributed by atoms with Gasteiger partial charge in [0.25, 0.3) is 0 Å². The van der Waals surface area contributed by atoms with E-state index in [9.17, 15) is 9.59 Å². The van der Waals surface area contributed by atoms with E-state index < -0.39 is 6.10 Å². The normalized spacial score (nSPS) is 27.2. The van der Waals surface area contributed by atoms with Crippen molar-refractivity contribution in [2.75, 3.05) is 13.2 Å². The highest BCUT2D eigenvalue weighted by molar-refractivity contribution is 5.81. The Labute approximate surface area is 77.2 Å². The van der Waals surface area contributed by atoms with Crippen LogP contribution in [0.15, 0.2) is 0 Å². The maximum absolute atomic E-state index is 11.2. The number of esters is 1. The van der Waals surface area contributed by atoms with Crippen molar-refractivity contribution in [3.8, 4) is 0 Å². The molecule has 0 spiro atoms. The Balaban J connectivity index is 2.40. The molecule has 1 rings (SSSR count). The maximum Gasteiger partial charge on any atom is 0.335 e. The van der Waals surface area contributed by atoms with Gasteiger partial charge in [0.2, 0.25) is 0 Å². The van der Waals surface area contributed by atoms with Gasteiger partial charge in [0.15, 0.2) is 6.10 Å². The minimum absolute atomic E-state index is 0.0757. The summed E-state index contributed by atoms with van der Waals surface area (Å²) in [4.78, 5) is 22.1. The van der Waals surface area contributed by atoms with Crippen molar-refractivity contribution < 1.29 is 19.1 Å². The van der Waals surface area contributed by atoms with Gasteiger partial charge in [-0.15, -0.1) is 0 Å². The maximum atomic E-state index is 11.2. The third-order valence-electron chi connectivity index (χ3n) is 2.12. The van der Waals surface area contributed by atoms with E-state index in [4.69, 9.17) is 9.47 Å². The molecular weight excluding hydrogens is 172 g/mol. The van der Waals surface area contributed by atoms with E-state index in [1.54, 1.807) is 6.92 Å². The van der Waals surface area contributed by atoms with Gasteiger partial charge in [0.1, 0.15) is 5.78 Å². The van der Waals surface area contributed by atoms with E-state index in [0.29, 0.717) is 19.6 Å². The van der Waals surface area contributed by atoms with Gasteiger partial charge in [-0.3, -0.25) is 4.79 Å². The molecule has 0 N–H and O–H groups in total. The SMILES string of the molecule is CCOC(=O)[C@H]1C[C@@H](C(C)=O)CO1. The van der Waals surface area contributed by atoms with E-state index in [1.165, 1.54) is 6.92 Å². The first-order valence-electron chi connectivity index (χ1n) is 4.43. The minimum atomic E-state index is -0.533. The molecule has 0 aromatic rings. The molecule has 1 fully saturated rings. The zero-order valence-electron chi connectivity index (χ0n) is 7.91.